The van der Waals surface area contributed by atoms with Gasteiger partial charge in [0, 0.05) is 24.6 Å². The Labute approximate surface area is 161 Å². The number of nitrogen functional groups attached to an aromatic ring is 1. The van der Waals surface area contributed by atoms with Crippen molar-refractivity contribution >= 4 is 28.2 Å². The van der Waals surface area contributed by atoms with Gasteiger partial charge in [-0.25, -0.2) is 4.98 Å². The van der Waals surface area contributed by atoms with Gasteiger partial charge in [0.2, 0.25) is 11.0 Å². The molecule has 0 aliphatic rings. The zero-order chi connectivity index (χ0) is 19.1. The first kappa shape index (κ1) is 18.5. The molecule has 0 bridgehead atoms. The molecule has 3 aromatic rings. The van der Waals surface area contributed by atoms with Crippen LogP contribution in [0.15, 0.2) is 42.6 Å². The number of hydrogen-bond acceptors (Lipinski definition) is 6. The fourth-order valence-electron chi connectivity index (χ4n) is 2.44. The summed E-state index contributed by atoms with van der Waals surface area (Å²) in [5, 5.41) is 11.9. The maximum Gasteiger partial charge on any atom is 0.229 e. The Morgan fingerprint density at radius 1 is 1.26 bits per heavy atom. The average molecular weight is 377 g/mol. The Balaban J connectivity index is 1.49. The Hall–Kier alpha value is -3.24. The molecule has 3 N–H and O–H groups in total. The molecule has 0 unspecified atom stereocenters. The predicted molar refractivity (Wildman–Crippen MR) is 107 cm³/mol. The molecule has 0 atom stereocenters. The Bertz CT molecular complexity index is 985. The number of nitrogens with zero attached hydrogens (tertiary/aromatic N) is 3. The van der Waals surface area contributed by atoms with Gasteiger partial charge in [-0.1, -0.05) is 53.0 Å². The molecule has 27 heavy (non-hydrogen) atoms. The van der Waals surface area contributed by atoms with Crippen LogP contribution in [0.1, 0.15) is 28.1 Å². The van der Waals surface area contributed by atoms with Crippen LogP contribution < -0.4 is 11.1 Å². The predicted octanol–water partition coefficient (Wildman–Crippen LogP) is 2.99. The minimum Gasteiger partial charge on any atom is -0.374 e. The molecule has 2 heterocycles. The first-order chi connectivity index (χ1) is 13.1. The minimum atomic E-state index is -0.0942. The van der Waals surface area contributed by atoms with Crippen molar-refractivity contribution in [2.45, 2.75) is 26.2 Å². The first-order valence-electron chi connectivity index (χ1n) is 8.47. The largest absolute Gasteiger partial charge is 0.374 e. The highest BCUT2D eigenvalue weighted by molar-refractivity contribution is 7.15. The standard InChI is InChI=1S/C20H19N5OS/c1-14-5-4-7-16(11-14)12-18(26)23-17-10-9-15(13-22-17)6-2-3-8-19-24-25-20(21)27-19/h4-5,7,9-11,13H,3,8,12H2,1H3,(H2,21,25)(H,22,23,26). The Morgan fingerprint density at radius 2 is 2.15 bits per heavy atom. The van der Waals surface area contributed by atoms with E-state index in [1.165, 1.54) is 11.3 Å². The highest BCUT2D eigenvalue weighted by Gasteiger charge is 2.05. The van der Waals surface area contributed by atoms with Gasteiger partial charge in [-0.15, -0.1) is 10.2 Å². The molecule has 0 radical (unpaired) electrons. The lowest BCUT2D eigenvalue weighted by atomic mass is 10.1. The highest BCUT2D eigenvalue weighted by Crippen LogP contribution is 2.12. The number of aromatic nitrogens is 3. The molecule has 6 nitrogen and oxygen atoms in total. The van der Waals surface area contributed by atoms with Crippen molar-refractivity contribution in [3.8, 4) is 11.8 Å². The summed E-state index contributed by atoms with van der Waals surface area (Å²) in [6.45, 7) is 2.01. The van der Waals surface area contributed by atoms with E-state index in [1.54, 1.807) is 12.3 Å². The van der Waals surface area contributed by atoms with Crippen LogP contribution in [0.25, 0.3) is 0 Å². The third-order valence-corrected chi connectivity index (χ3v) is 4.47. The first-order valence-corrected chi connectivity index (χ1v) is 9.28. The lowest BCUT2D eigenvalue weighted by Crippen LogP contribution is -2.15. The van der Waals surface area contributed by atoms with Crippen molar-refractivity contribution in [3.63, 3.8) is 0 Å². The summed E-state index contributed by atoms with van der Waals surface area (Å²) in [6, 6.07) is 11.5. The van der Waals surface area contributed by atoms with Crippen LogP contribution >= 0.6 is 11.3 Å². The summed E-state index contributed by atoms with van der Waals surface area (Å²) in [7, 11) is 0. The SMILES string of the molecule is Cc1cccc(CC(=O)Nc2ccc(C#CCCc3nnc(N)s3)cn2)c1. The maximum absolute atomic E-state index is 12.1. The van der Waals surface area contributed by atoms with E-state index in [-0.39, 0.29) is 5.91 Å². The number of benzene rings is 1. The van der Waals surface area contributed by atoms with Gasteiger partial charge in [-0.3, -0.25) is 4.79 Å². The smallest absolute Gasteiger partial charge is 0.229 e. The van der Waals surface area contributed by atoms with Crippen molar-refractivity contribution < 1.29 is 4.79 Å². The quantitative estimate of drug-likeness (QED) is 0.667. The second kappa shape index (κ2) is 8.92. The number of pyridine rings is 1. The van der Waals surface area contributed by atoms with Gasteiger partial charge in [0.25, 0.3) is 0 Å². The molecule has 136 valence electrons. The molecular formula is C20H19N5OS. The van der Waals surface area contributed by atoms with E-state index in [0.717, 1.165) is 28.1 Å². The monoisotopic (exact) mass is 377 g/mol. The zero-order valence-corrected chi connectivity index (χ0v) is 15.7. The van der Waals surface area contributed by atoms with E-state index >= 15 is 0 Å². The fourth-order valence-corrected chi connectivity index (χ4v) is 3.05. The highest BCUT2D eigenvalue weighted by atomic mass is 32.1. The zero-order valence-electron chi connectivity index (χ0n) is 14.9. The topological polar surface area (TPSA) is 93.8 Å². The van der Waals surface area contributed by atoms with Crippen LogP contribution in [0.4, 0.5) is 10.9 Å². The molecule has 2 aromatic heterocycles. The van der Waals surface area contributed by atoms with Gasteiger partial charge < -0.3 is 11.1 Å². The van der Waals surface area contributed by atoms with Crippen LogP contribution in [0, 0.1) is 18.8 Å². The molecule has 1 aromatic carbocycles. The van der Waals surface area contributed by atoms with E-state index in [4.69, 9.17) is 5.73 Å². The minimum absolute atomic E-state index is 0.0942. The van der Waals surface area contributed by atoms with Crippen LogP contribution in [0.3, 0.4) is 0 Å². The summed E-state index contributed by atoms with van der Waals surface area (Å²) in [5.41, 5.74) is 8.45. The van der Waals surface area contributed by atoms with Crippen LogP contribution in [0.5, 0.6) is 0 Å². The molecule has 7 heteroatoms. The van der Waals surface area contributed by atoms with Crippen molar-refractivity contribution in [1.29, 1.82) is 0 Å². The van der Waals surface area contributed by atoms with Gasteiger partial charge in [0.1, 0.15) is 10.8 Å². The number of hydrogen-bond donors (Lipinski definition) is 2. The van der Waals surface area contributed by atoms with Crippen LogP contribution in [0.2, 0.25) is 0 Å². The number of anilines is 2. The van der Waals surface area contributed by atoms with Gasteiger partial charge in [0.05, 0.1) is 6.42 Å². The second-order valence-electron chi connectivity index (χ2n) is 5.98. The fraction of sp³-hybridized carbons (Fsp3) is 0.200. The van der Waals surface area contributed by atoms with Gasteiger partial charge in [-0.05, 0) is 24.6 Å². The van der Waals surface area contributed by atoms with E-state index in [9.17, 15) is 4.79 Å². The molecule has 0 spiro atoms. The number of rotatable bonds is 5. The number of amides is 1. The molecule has 0 saturated carbocycles. The summed E-state index contributed by atoms with van der Waals surface area (Å²) in [6.07, 6.45) is 3.37. The third-order valence-electron chi connectivity index (χ3n) is 3.66. The molecule has 0 fully saturated rings. The average Bonchev–Trinajstić information content (AvgIpc) is 3.05. The number of nitrogens with two attached hydrogens (primary N) is 1. The Morgan fingerprint density at radius 3 is 2.85 bits per heavy atom. The van der Waals surface area contributed by atoms with Crippen LogP contribution in [-0.2, 0) is 17.6 Å². The maximum atomic E-state index is 12.1. The van der Waals surface area contributed by atoms with E-state index in [2.05, 4.69) is 32.3 Å². The van der Waals surface area contributed by atoms with Crippen molar-refractivity contribution in [2.75, 3.05) is 11.1 Å². The lowest BCUT2D eigenvalue weighted by molar-refractivity contribution is -0.115. The summed E-state index contributed by atoms with van der Waals surface area (Å²) < 4.78 is 0. The summed E-state index contributed by atoms with van der Waals surface area (Å²) in [4.78, 5) is 16.4. The summed E-state index contributed by atoms with van der Waals surface area (Å²) in [5.74, 6) is 6.55. The molecule has 3 rings (SSSR count). The van der Waals surface area contributed by atoms with Crippen molar-refractivity contribution in [3.05, 3.63) is 64.3 Å². The van der Waals surface area contributed by atoms with Crippen molar-refractivity contribution in [2.24, 2.45) is 0 Å². The molecule has 0 saturated heterocycles. The molecule has 0 aliphatic carbocycles. The van der Waals surface area contributed by atoms with E-state index in [1.807, 2.05) is 37.3 Å². The van der Waals surface area contributed by atoms with Crippen LogP contribution in [-0.4, -0.2) is 21.1 Å². The second-order valence-corrected chi connectivity index (χ2v) is 7.08. The summed E-state index contributed by atoms with van der Waals surface area (Å²) >= 11 is 1.38. The molecule has 1 amide bonds. The number of carbonyl (C=O) groups excluding carboxylic acids is 1. The van der Waals surface area contributed by atoms with E-state index < -0.39 is 0 Å². The number of nitrogens with one attached hydrogen (secondary N) is 1. The molecular weight excluding hydrogens is 358 g/mol. The van der Waals surface area contributed by atoms with Crippen molar-refractivity contribution in [1.82, 2.24) is 15.2 Å². The van der Waals surface area contributed by atoms with Gasteiger partial charge >= 0.3 is 0 Å². The number of aryl methyl sites for hydroxylation is 2. The van der Waals surface area contributed by atoms with Gasteiger partial charge in [-0.2, -0.15) is 0 Å². The normalized spacial score (nSPS) is 10.1. The Kier molecular flexibility index (Phi) is 6.13. The molecule has 0 aliphatic heterocycles. The number of carbonyl (C=O) groups is 1. The van der Waals surface area contributed by atoms with Gasteiger partial charge in [0.15, 0.2) is 0 Å². The third kappa shape index (κ3) is 5.90. The lowest BCUT2D eigenvalue weighted by Gasteiger charge is -2.05. The van der Waals surface area contributed by atoms with E-state index in [0.29, 0.717) is 23.8 Å².